The Kier molecular flexibility index (Phi) is 3.74. The van der Waals surface area contributed by atoms with Crippen LogP contribution in [0.1, 0.15) is 5.56 Å². The number of nitrogens with one attached hydrogen (secondary N) is 1. The van der Waals surface area contributed by atoms with Crippen LogP contribution in [0, 0.1) is 5.82 Å². The highest BCUT2D eigenvalue weighted by molar-refractivity contribution is 5.94. The van der Waals surface area contributed by atoms with E-state index in [-0.39, 0.29) is 6.42 Å². The molecule has 1 unspecified atom stereocenters. The van der Waals surface area contributed by atoms with Crippen molar-refractivity contribution in [1.29, 1.82) is 0 Å². The SMILES string of the molecule is O=C(Nc1cnn(CC(F)F)c1)C1Cc2cc(F)ccc2O1. The number of anilines is 1. The number of nitrogens with zero attached hydrogens (tertiary/aromatic N) is 2. The Hall–Kier alpha value is -2.51. The van der Waals surface area contributed by atoms with Gasteiger partial charge in [0.15, 0.2) is 6.10 Å². The van der Waals surface area contributed by atoms with E-state index in [0.717, 1.165) is 4.68 Å². The van der Waals surface area contributed by atoms with Crippen LogP contribution >= 0.6 is 0 Å². The van der Waals surface area contributed by atoms with E-state index in [1.165, 1.54) is 30.6 Å². The highest BCUT2D eigenvalue weighted by Crippen LogP contribution is 2.29. The number of hydrogen-bond donors (Lipinski definition) is 1. The zero-order valence-corrected chi connectivity index (χ0v) is 11.3. The summed E-state index contributed by atoms with van der Waals surface area (Å²) >= 11 is 0. The zero-order valence-electron chi connectivity index (χ0n) is 11.3. The molecule has 5 nitrogen and oxygen atoms in total. The molecule has 1 amide bonds. The molecule has 3 rings (SSSR count). The largest absolute Gasteiger partial charge is 0.480 e. The Balaban J connectivity index is 1.63. The van der Waals surface area contributed by atoms with Gasteiger partial charge in [0.05, 0.1) is 11.9 Å². The maximum absolute atomic E-state index is 13.1. The van der Waals surface area contributed by atoms with Crippen molar-refractivity contribution in [2.24, 2.45) is 0 Å². The Labute approximate surface area is 123 Å². The number of halogens is 3. The van der Waals surface area contributed by atoms with E-state index in [1.54, 1.807) is 0 Å². The summed E-state index contributed by atoms with van der Waals surface area (Å²) in [4.78, 5) is 12.1. The van der Waals surface area contributed by atoms with E-state index in [2.05, 4.69) is 10.4 Å². The lowest BCUT2D eigenvalue weighted by Gasteiger charge is -2.09. The van der Waals surface area contributed by atoms with E-state index in [1.807, 2.05) is 0 Å². The van der Waals surface area contributed by atoms with Crippen molar-refractivity contribution in [3.05, 3.63) is 42.0 Å². The van der Waals surface area contributed by atoms with Crippen LogP contribution in [-0.2, 0) is 17.8 Å². The summed E-state index contributed by atoms with van der Waals surface area (Å²) in [6.45, 7) is -0.541. The van der Waals surface area contributed by atoms with Crippen LogP contribution in [0.3, 0.4) is 0 Å². The fourth-order valence-electron chi connectivity index (χ4n) is 2.26. The van der Waals surface area contributed by atoms with Crippen molar-refractivity contribution in [1.82, 2.24) is 9.78 Å². The van der Waals surface area contributed by atoms with Crippen molar-refractivity contribution in [3.8, 4) is 5.75 Å². The molecule has 0 radical (unpaired) electrons. The quantitative estimate of drug-likeness (QED) is 0.942. The minimum absolute atomic E-state index is 0.254. The first kappa shape index (κ1) is 14.4. The number of fused-ring (bicyclic) bond motifs is 1. The second-order valence-electron chi connectivity index (χ2n) is 4.89. The number of amides is 1. The second-order valence-corrected chi connectivity index (χ2v) is 4.89. The van der Waals surface area contributed by atoms with Crippen molar-refractivity contribution >= 4 is 11.6 Å². The zero-order chi connectivity index (χ0) is 15.7. The Morgan fingerprint density at radius 1 is 1.50 bits per heavy atom. The van der Waals surface area contributed by atoms with Crippen molar-refractivity contribution < 1.29 is 22.7 Å². The molecule has 1 N–H and O–H groups in total. The smallest absolute Gasteiger partial charge is 0.265 e. The highest BCUT2D eigenvalue weighted by Gasteiger charge is 2.29. The number of carbonyl (C=O) groups is 1. The van der Waals surface area contributed by atoms with Crippen molar-refractivity contribution in [2.45, 2.75) is 25.5 Å². The van der Waals surface area contributed by atoms with E-state index < -0.39 is 30.8 Å². The summed E-state index contributed by atoms with van der Waals surface area (Å²) in [7, 11) is 0. The van der Waals surface area contributed by atoms with Crippen LogP contribution in [-0.4, -0.2) is 28.2 Å². The van der Waals surface area contributed by atoms with Gasteiger partial charge in [0, 0.05) is 18.2 Å². The molecule has 116 valence electrons. The van der Waals surface area contributed by atoms with Gasteiger partial charge >= 0.3 is 0 Å². The Morgan fingerprint density at radius 2 is 2.32 bits per heavy atom. The third-order valence-electron chi connectivity index (χ3n) is 3.22. The molecule has 2 heterocycles. The predicted octanol–water partition coefficient (Wildman–Crippen LogP) is 2.23. The molecular weight excluding hydrogens is 299 g/mol. The molecule has 0 bridgehead atoms. The van der Waals surface area contributed by atoms with Gasteiger partial charge in [-0.15, -0.1) is 0 Å². The minimum Gasteiger partial charge on any atom is -0.480 e. The van der Waals surface area contributed by atoms with Crippen LogP contribution < -0.4 is 10.1 Å². The minimum atomic E-state index is -2.52. The van der Waals surface area contributed by atoms with Crippen LogP contribution in [0.5, 0.6) is 5.75 Å². The molecule has 0 spiro atoms. The molecular formula is C14H12F3N3O2. The number of alkyl halides is 2. The van der Waals surface area contributed by atoms with Crippen LogP contribution in [0.25, 0.3) is 0 Å². The summed E-state index contributed by atoms with van der Waals surface area (Å²) < 4.78 is 44.0. The first-order chi connectivity index (χ1) is 10.5. The van der Waals surface area contributed by atoms with Gasteiger partial charge in [0.1, 0.15) is 18.1 Å². The number of rotatable bonds is 4. The lowest BCUT2D eigenvalue weighted by atomic mass is 10.1. The van der Waals surface area contributed by atoms with Crippen LogP contribution in [0.2, 0.25) is 0 Å². The highest BCUT2D eigenvalue weighted by atomic mass is 19.3. The standard InChI is InChI=1S/C14H12F3N3O2/c15-9-1-2-11-8(3-9)4-12(22-11)14(21)19-10-5-18-20(6-10)7-13(16)17/h1-3,5-6,12-13H,4,7H2,(H,19,21). The predicted molar refractivity (Wildman–Crippen MR) is 71.4 cm³/mol. The first-order valence-electron chi connectivity index (χ1n) is 6.58. The van der Waals surface area contributed by atoms with Crippen LogP contribution in [0.15, 0.2) is 30.6 Å². The van der Waals surface area contributed by atoms with Crippen molar-refractivity contribution in [3.63, 3.8) is 0 Å². The Morgan fingerprint density at radius 3 is 3.09 bits per heavy atom. The molecule has 0 fully saturated rings. The van der Waals surface area contributed by atoms with Crippen molar-refractivity contribution in [2.75, 3.05) is 5.32 Å². The number of hydrogen-bond acceptors (Lipinski definition) is 3. The molecule has 1 atom stereocenters. The van der Waals surface area contributed by atoms with E-state index >= 15 is 0 Å². The first-order valence-corrected chi connectivity index (χ1v) is 6.58. The number of aromatic nitrogens is 2. The number of benzene rings is 1. The molecule has 1 aromatic heterocycles. The molecule has 0 saturated carbocycles. The molecule has 1 aliphatic rings. The number of ether oxygens (including phenoxy) is 1. The molecule has 1 aliphatic heterocycles. The summed E-state index contributed by atoms with van der Waals surface area (Å²) in [5.74, 6) is -0.361. The van der Waals surface area contributed by atoms with Gasteiger partial charge in [-0.2, -0.15) is 5.10 Å². The van der Waals surface area contributed by atoms with Gasteiger partial charge in [0.2, 0.25) is 0 Å². The third kappa shape index (κ3) is 3.05. The maximum Gasteiger partial charge on any atom is 0.265 e. The van der Waals surface area contributed by atoms with E-state index in [9.17, 15) is 18.0 Å². The van der Waals surface area contributed by atoms with Gasteiger partial charge in [-0.25, -0.2) is 13.2 Å². The third-order valence-corrected chi connectivity index (χ3v) is 3.22. The van der Waals surface area contributed by atoms with Gasteiger partial charge in [-0.05, 0) is 18.2 Å². The second kappa shape index (κ2) is 5.70. The fourth-order valence-corrected chi connectivity index (χ4v) is 2.26. The topological polar surface area (TPSA) is 56.2 Å². The number of carbonyl (C=O) groups excluding carboxylic acids is 1. The molecule has 0 saturated heterocycles. The van der Waals surface area contributed by atoms with Gasteiger partial charge in [-0.1, -0.05) is 0 Å². The van der Waals surface area contributed by atoms with E-state index in [0.29, 0.717) is 17.0 Å². The van der Waals surface area contributed by atoms with Gasteiger partial charge in [-0.3, -0.25) is 9.48 Å². The lowest BCUT2D eigenvalue weighted by molar-refractivity contribution is -0.122. The normalized spacial score (nSPS) is 16.5. The summed E-state index contributed by atoms with van der Waals surface area (Å²) in [6, 6.07) is 4.05. The summed E-state index contributed by atoms with van der Waals surface area (Å²) in [5.41, 5.74) is 0.921. The van der Waals surface area contributed by atoms with E-state index in [4.69, 9.17) is 4.74 Å². The maximum atomic E-state index is 13.1. The van der Waals surface area contributed by atoms with Crippen LogP contribution in [0.4, 0.5) is 18.9 Å². The van der Waals surface area contributed by atoms with Gasteiger partial charge < -0.3 is 10.1 Å². The lowest BCUT2D eigenvalue weighted by Crippen LogP contribution is -2.31. The molecule has 2 aromatic rings. The molecule has 8 heteroatoms. The fraction of sp³-hybridized carbons (Fsp3) is 0.286. The molecule has 0 aliphatic carbocycles. The summed E-state index contributed by atoms with van der Waals surface area (Å²) in [6.07, 6.45) is -0.459. The Bertz CT molecular complexity index is 702. The average molecular weight is 311 g/mol. The molecule has 1 aromatic carbocycles. The monoisotopic (exact) mass is 311 g/mol. The average Bonchev–Trinajstić information content (AvgIpc) is 3.04. The summed E-state index contributed by atoms with van der Waals surface area (Å²) in [5, 5.41) is 6.26. The molecule has 22 heavy (non-hydrogen) atoms. The van der Waals surface area contributed by atoms with Gasteiger partial charge in [0.25, 0.3) is 12.3 Å².